The first-order valence-corrected chi connectivity index (χ1v) is 43.2. The third-order valence-corrected chi connectivity index (χ3v) is 24.9. The molecule has 4 aliphatic carbocycles. The van der Waals surface area contributed by atoms with Gasteiger partial charge in [0.05, 0.1) is 0 Å². The third-order valence-electron chi connectivity index (χ3n) is 24.9. The van der Waals surface area contributed by atoms with Crippen molar-refractivity contribution in [3.05, 3.63) is 141 Å². The lowest BCUT2D eigenvalue weighted by Gasteiger charge is -2.45. The van der Waals surface area contributed by atoms with E-state index in [0.717, 1.165) is 59.7 Å². The standard InChI is InChI=1S/C38H76.C15H28.C15H16.C12H24.2C9H12/c1-5-9-13-16-18-20-23-26-30-36-34-33-35(29-25-12-8-4)37(31-27-22-15-11-7-3)38(36)32-28-24-21-19-17-14-10-6-2;2*1-12-3-7-14(8-4-12)11-15-9-5-13(2)6-10-15;1-6-12(5)8-10(2)7-11(3,4)9-12;1-7-4-5-8(2)9(3)6-7;1-7-5-4-6-8(2)9(7)3/h35-38H,5-34H2,1-4H3;12-15H,3-11H2,1-2H3;3-10H,11H2,1-2H3;10H,6-9H2,1-5H3;2*4-6H,1-3H3. The lowest BCUT2D eigenvalue weighted by atomic mass is 9.60. The minimum Gasteiger partial charge on any atom is -0.0654 e. The molecule has 0 bridgehead atoms. The van der Waals surface area contributed by atoms with Gasteiger partial charge >= 0.3 is 0 Å². The summed E-state index contributed by atoms with van der Waals surface area (Å²) >= 11 is 0. The van der Waals surface area contributed by atoms with E-state index >= 15 is 0 Å². The van der Waals surface area contributed by atoms with E-state index < -0.39 is 0 Å². The topological polar surface area (TPSA) is 0 Å². The molecule has 4 saturated carbocycles. The molecule has 0 spiro atoms. The minimum atomic E-state index is 0.586. The molecule has 0 radical (unpaired) electrons. The summed E-state index contributed by atoms with van der Waals surface area (Å²) in [7, 11) is 0. The van der Waals surface area contributed by atoms with Crippen molar-refractivity contribution in [2.24, 2.45) is 64.1 Å². The van der Waals surface area contributed by atoms with Crippen LogP contribution in [0.15, 0.2) is 84.9 Å². The Morgan fingerprint density at radius 1 is 0.337 bits per heavy atom. The van der Waals surface area contributed by atoms with Gasteiger partial charge in [0.1, 0.15) is 0 Å². The highest BCUT2D eigenvalue weighted by Gasteiger charge is 2.39. The fourth-order valence-corrected chi connectivity index (χ4v) is 18.3. The first-order chi connectivity index (χ1) is 47.0. The van der Waals surface area contributed by atoms with Crippen LogP contribution in [0.25, 0.3) is 0 Å². The van der Waals surface area contributed by atoms with Crippen LogP contribution < -0.4 is 0 Å². The number of hydrogen-bond acceptors (Lipinski definition) is 0. The van der Waals surface area contributed by atoms with Crippen molar-refractivity contribution in [1.82, 2.24) is 0 Å². The Labute approximate surface area is 615 Å². The second kappa shape index (κ2) is 52.8. The van der Waals surface area contributed by atoms with Gasteiger partial charge in [0.2, 0.25) is 0 Å². The van der Waals surface area contributed by atoms with Gasteiger partial charge in [-0.1, -0.05) is 403 Å². The molecule has 8 rings (SSSR count). The molecule has 6 unspecified atom stereocenters. The molecular weight excluding hydrogens is 1180 g/mol. The van der Waals surface area contributed by atoms with Crippen LogP contribution in [0, 0.1) is 119 Å². The molecule has 4 aromatic rings. The quantitative estimate of drug-likeness (QED) is 0.0417. The molecule has 6 atom stereocenters. The summed E-state index contributed by atoms with van der Waals surface area (Å²) in [6, 6.07) is 30.4. The maximum Gasteiger partial charge on any atom is -0.00258 e. The lowest BCUT2D eigenvalue weighted by Crippen LogP contribution is -2.35. The number of hydrogen-bond donors (Lipinski definition) is 0. The zero-order valence-corrected chi connectivity index (χ0v) is 69.4. The summed E-state index contributed by atoms with van der Waals surface area (Å²) < 4.78 is 0. The van der Waals surface area contributed by atoms with Crippen LogP contribution in [0.3, 0.4) is 0 Å². The monoisotopic (exact) mass is 1350 g/mol. The molecule has 0 aromatic heterocycles. The van der Waals surface area contributed by atoms with Gasteiger partial charge < -0.3 is 0 Å². The van der Waals surface area contributed by atoms with Crippen LogP contribution in [-0.4, -0.2) is 0 Å². The van der Waals surface area contributed by atoms with Crippen LogP contribution >= 0.6 is 0 Å². The molecule has 0 amide bonds. The molecule has 0 heterocycles. The smallest absolute Gasteiger partial charge is 0.00258 e. The van der Waals surface area contributed by atoms with E-state index in [4.69, 9.17) is 0 Å². The predicted molar refractivity (Wildman–Crippen MR) is 444 cm³/mol. The Balaban J connectivity index is 0.000000340. The zero-order valence-electron chi connectivity index (χ0n) is 69.4. The molecule has 4 fully saturated rings. The maximum absolute atomic E-state index is 2.46. The van der Waals surface area contributed by atoms with Gasteiger partial charge in [-0.2, -0.15) is 0 Å². The van der Waals surface area contributed by atoms with E-state index in [1.807, 2.05) is 0 Å². The van der Waals surface area contributed by atoms with Crippen molar-refractivity contribution in [2.45, 2.75) is 414 Å². The van der Waals surface area contributed by atoms with Gasteiger partial charge in [0.15, 0.2) is 0 Å². The fraction of sp³-hybridized carbons (Fsp3) is 0.755. The van der Waals surface area contributed by atoms with Crippen LogP contribution in [-0.2, 0) is 6.42 Å². The molecule has 0 saturated heterocycles. The Bertz CT molecular complexity index is 2420. The van der Waals surface area contributed by atoms with Crippen LogP contribution in [0.2, 0.25) is 0 Å². The van der Waals surface area contributed by atoms with Gasteiger partial charge in [0.25, 0.3) is 0 Å². The Hall–Kier alpha value is -3.12. The van der Waals surface area contributed by atoms with E-state index in [-0.39, 0.29) is 0 Å². The first kappa shape index (κ1) is 89.1. The summed E-state index contributed by atoms with van der Waals surface area (Å²) in [4.78, 5) is 0. The van der Waals surface area contributed by atoms with Crippen molar-refractivity contribution >= 4 is 0 Å². The third kappa shape index (κ3) is 40.1. The number of rotatable bonds is 33. The number of aryl methyl sites for hydroxylation is 7. The average molecular weight is 1350 g/mol. The van der Waals surface area contributed by atoms with Crippen LogP contribution in [0.1, 0.15) is 408 Å². The van der Waals surface area contributed by atoms with Gasteiger partial charge in [0, 0.05) is 0 Å². The second-order valence-corrected chi connectivity index (χ2v) is 35.4. The van der Waals surface area contributed by atoms with E-state index in [0.29, 0.717) is 10.8 Å². The number of benzene rings is 4. The molecule has 0 aliphatic heterocycles. The molecule has 0 N–H and O–H groups in total. The largest absolute Gasteiger partial charge is 0.0654 e. The Kier molecular flexibility index (Phi) is 48.0. The first-order valence-electron chi connectivity index (χ1n) is 43.2. The zero-order chi connectivity index (χ0) is 72.0. The molecule has 560 valence electrons. The molecular formula is C98H168. The minimum absolute atomic E-state index is 0.586. The summed E-state index contributed by atoms with van der Waals surface area (Å²) in [6.45, 7) is 43.4. The Morgan fingerprint density at radius 2 is 0.694 bits per heavy atom. The van der Waals surface area contributed by atoms with Crippen LogP contribution in [0.4, 0.5) is 0 Å². The highest BCUT2D eigenvalue weighted by Crippen LogP contribution is 2.51. The van der Waals surface area contributed by atoms with E-state index in [1.165, 1.54) is 287 Å². The van der Waals surface area contributed by atoms with E-state index in [2.05, 4.69) is 216 Å². The highest BCUT2D eigenvalue weighted by atomic mass is 14.4. The average Bonchev–Trinajstić information content (AvgIpc) is 0.944. The SMILES string of the molecule is CC1CCC(CC2CCC(C)CC2)CC1.CCC1(C)CC(C)CC(C)(C)C1.CCCCCCCCCCC1CCC(CCCCC)C(CCCCCCC)C1CCCCCCCCCC.Cc1ccc(C)c(C)c1.Cc1ccc(Cc2ccc(C)cc2)cc1.Cc1cccc(C)c1C. The summed E-state index contributed by atoms with van der Waals surface area (Å²) in [5.41, 5.74) is 14.9. The maximum atomic E-state index is 2.46. The van der Waals surface area contributed by atoms with E-state index in [9.17, 15) is 0 Å². The van der Waals surface area contributed by atoms with Crippen molar-refractivity contribution in [1.29, 1.82) is 0 Å². The van der Waals surface area contributed by atoms with Gasteiger partial charge in [-0.05, 0) is 216 Å². The lowest BCUT2D eigenvalue weighted by molar-refractivity contribution is 0.0581. The van der Waals surface area contributed by atoms with Crippen molar-refractivity contribution in [3.8, 4) is 0 Å². The normalized spacial score (nSPS) is 23.4. The summed E-state index contributed by atoms with van der Waals surface area (Å²) in [5.74, 6) is 9.40. The van der Waals surface area contributed by atoms with Crippen molar-refractivity contribution < 1.29 is 0 Å². The van der Waals surface area contributed by atoms with Gasteiger partial charge in [-0.25, -0.2) is 0 Å². The van der Waals surface area contributed by atoms with Gasteiger partial charge in [-0.3, -0.25) is 0 Å². The summed E-state index contributed by atoms with van der Waals surface area (Å²) in [6.07, 6.45) is 65.1. The fourth-order valence-electron chi connectivity index (χ4n) is 18.3. The Morgan fingerprint density at radius 3 is 1.05 bits per heavy atom. The molecule has 4 aliphatic rings. The predicted octanol–water partition coefficient (Wildman–Crippen LogP) is 32.6. The molecule has 4 aromatic carbocycles. The van der Waals surface area contributed by atoms with Crippen LogP contribution in [0.5, 0.6) is 0 Å². The second-order valence-electron chi connectivity index (χ2n) is 35.4. The van der Waals surface area contributed by atoms with Gasteiger partial charge in [-0.15, -0.1) is 0 Å². The molecule has 0 nitrogen and oxygen atoms in total. The van der Waals surface area contributed by atoms with E-state index in [1.54, 1.807) is 44.9 Å². The molecule has 98 heavy (non-hydrogen) atoms. The summed E-state index contributed by atoms with van der Waals surface area (Å²) in [5, 5.41) is 0. The van der Waals surface area contributed by atoms with Crippen molar-refractivity contribution in [2.75, 3.05) is 0 Å². The number of unbranched alkanes of at least 4 members (excludes halogenated alkanes) is 20. The van der Waals surface area contributed by atoms with Crippen molar-refractivity contribution in [3.63, 3.8) is 0 Å². The highest BCUT2D eigenvalue weighted by molar-refractivity contribution is 5.32. The molecule has 0 heteroatoms.